The zero-order valence-corrected chi connectivity index (χ0v) is 50.5. The second kappa shape index (κ2) is 28.2. The van der Waals surface area contributed by atoms with Gasteiger partial charge < -0.3 is 46.6 Å². The SMILES string of the molecule is CC(C)CCC[C@@H](C)[C@H]1CC[C@H]2[C@@H]3CC=C4C[C@@H](OC(=O)[C@@H](CC(C)C)NC(=O)[C@H](Cc5ccccc5)NC(=O)CNC(=O)[C@@H](C)NC(=O)[C@H](Cc5ccc(O)cc5)NC(=O)[C@H](C)NC(=O)C5=CN(C)C=CC5)CC[C@]4(C)[C@H]3CC[C@]12C. The molecule has 2 aromatic carbocycles. The molecule has 1 heterocycles. The van der Waals surface area contributed by atoms with Crippen molar-refractivity contribution in [3.05, 3.63) is 101 Å². The summed E-state index contributed by atoms with van der Waals surface area (Å²) < 4.78 is 6.36. The molecule has 1 aliphatic heterocycles. The Morgan fingerprint density at radius 1 is 0.695 bits per heavy atom. The minimum atomic E-state index is -1.21. The maximum absolute atomic E-state index is 14.4. The van der Waals surface area contributed by atoms with E-state index < -0.39 is 78.2 Å². The normalized spacial score (nSPS) is 26.0. The Bertz CT molecular complexity index is 2670. The van der Waals surface area contributed by atoms with Gasteiger partial charge >= 0.3 is 5.97 Å². The first-order valence-corrected chi connectivity index (χ1v) is 30.5. The number of hydrogen-bond acceptors (Lipinski definition) is 10. The molecule has 0 bridgehead atoms. The summed E-state index contributed by atoms with van der Waals surface area (Å²) >= 11 is 0. The molecule has 16 heteroatoms. The van der Waals surface area contributed by atoms with Crippen molar-refractivity contribution >= 4 is 41.4 Å². The average Bonchev–Trinajstić information content (AvgIpc) is 2.90. The van der Waals surface area contributed by atoms with Crippen LogP contribution in [0.3, 0.4) is 0 Å². The lowest BCUT2D eigenvalue weighted by atomic mass is 9.47. The van der Waals surface area contributed by atoms with Crippen LogP contribution in [0.4, 0.5) is 0 Å². The highest BCUT2D eigenvalue weighted by Crippen LogP contribution is 2.67. The van der Waals surface area contributed by atoms with E-state index in [1.54, 1.807) is 30.3 Å². The number of ether oxygens (including phenoxy) is 1. The highest BCUT2D eigenvalue weighted by Gasteiger charge is 2.59. The Morgan fingerprint density at radius 2 is 1.35 bits per heavy atom. The van der Waals surface area contributed by atoms with Gasteiger partial charge in [0.2, 0.25) is 35.4 Å². The molecule has 448 valence electrons. The largest absolute Gasteiger partial charge is 0.508 e. The fourth-order valence-corrected chi connectivity index (χ4v) is 14.5. The number of hydrogen-bond donors (Lipinski definition) is 7. The van der Waals surface area contributed by atoms with E-state index in [1.165, 1.54) is 76.5 Å². The Hall–Kier alpha value is -6.45. The number of aromatic hydroxyl groups is 1. The van der Waals surface area contributed by atoms with Crippen LogP contribution in [0.1, 0.15) is 157 Å². The minimum absolute atomic E-state index is 0.0106. The second-order valence-corrected chi connectivity index (χ2v) is 26.1. The maximum Gasteiger partial charge on any atom is 0.328 e. The van der Waals surface area contributed by atoms with Gasteiger partial charge in [-0.1, -0.05) is 128 Å². The third-order valence-electron chi connectivity index (χ3n) is 19.0. The van der Waals surface area contributed by atoms with Gasteiger partial charge in [0.25, 0.3) is 0 Å². The number of nitrogens with one attached hydrogen (secondary N) is 6. The van der Waals surface area contributed by atoms with E-state index in [0.717, 1.165) is 48.5 Å². The monoisotopic (exact) mass is 1130 g/mol. The molecule has 7 N–H and O–H groups in total. The molecule has 16 nitrogen and oxygen atoms in total. The highest BCUT2D eigenvalue weighted by molar-refractivity contribution is 5.99. The van der Waals surface area contributed by atoms with Gasteiger partial charge in [-0.2, -0.15) is 0 Å². The van der Waals surface area contributed by atoms with Crippen molar-refractivity contribution in [1.29, 1.82) is 0 Å². The number of amides is 6. The number of carbonyl (C=O) groups is 7. The van der Waals surface area contributed by atoms with Crippen molar-refractivity contribution in [3.63, 3.8) is 0 Å². The molecule has 0 spiro atoms. The Balaban J connectivity index is 0.939. The summed E-state index contributed by atoms with van der Waals surface area (Å²) in [6.07, 6.45) is 21.0. The van der Waals surface area contributed by atoms with E-state index in [-0.39, 0.29) is 36.0 Å². The summed E-state index contributed by atoms with van der Waals surface area (Å²) in [4.78, 5) is 97.8. The predicted octanol–water partition coefficient (Wildman–Crippen LogP) is 8.49. The predicted molar refractivity (Wildman–Crippen MR) is 318 cm³/mol. The number of carbonyl (C=O) groups excluding carboxylic acids is 7. The van der Waals surface area contributed by atoms with Gasteiger partial charge in [-0.15, -0.1) is 0 Å². The molecule has 0 unspecified atom stereocenters. The number of rotatable bonds is 25. The van der Waals surface area contributed by atoms with Crippen LogP contribution < -0.4 is 31.9 Å². The van der Waals surface area contributed by atoms with Gasteiger partial charge in [0, 0.05) is 38.1 Å². The Morgan fingerprint density at radius 3 is 2.04 bits per heavy atom. The van der Waals surface area contributed by atoms with Crippen LogP contribution in [-0.2, 0) is 51.1 Å². The smallest absolute Gasteiger partial charge is 0.328 e. The average molecular weight is 1130 g/mol. The van der Waals surface area contributed by atoms with Crippen LogP contribution in [0, 0.1) is 52.3 Å². The summed E-state index contributed by atoms with van der Waals surface area (Å²) in [6, 6.07) is 9.75. The van der Waals surface area contributed by atoms with E-state index in [0.29, 0.717) is 47.6 Å². The number of phenolic OH excluding ortho intramolecular Hbond substituents is 1. The van der Waals surface area contributed by atoms with Crippen LogP contribution in [0.15, 0.2) is 90.3 Å². The van der Waals surface area contributed by atoms with Crippen molar-refractivity contribution in [3.8, 4) is 5.75 Å². The summed E-state index contributed by atoms with van der Waals surface area (Å²) in [5.74, 6) is 0.183. The third-order valence-corrected chi connectivity index (χ3v) is 19.0. The molecule has 0 aromatic heterocycles. The van der Waals surface area contributed by atoms with Gasteiger partial charge in [0.05, 0.1) is 6.54 Å². The molecular weight excluding hydrogens is 1030 g/mol. The first-order valence-electron chi connectivity index (χ1n) is 30.5. The third kappa shape index (κ3) is 16.2. The van der Waals surface area contributed by atoms with Crippen molar-refractivity contribution in [2.75, 3.05) is 13.6 Å². The molecule has 6 amide bonds. The zero-order chi connectivity index (χ0) is 59.5. The topological polar surface area (TPSA) is 224 Å². The number of nitrogens with zero attached hydrogens (tertiary/aromatic N) is 1. The summed E-state index contributed by atoms with van der Waals surface area (Å²) in [7, 11) is 1.78. The van der Waals surface area contributed by atoms with Crippen LogP contribution >= 0.6 is 0 Å². The van der Waals surface area contributed by atoms with Crippen LogP contribution in [0.5, 0.6) is 5.75 Å². The van der Waals surface area contributed by atoms with Gasteiger partial charge in [0.1, 0.15) is 42.1 Å². The van der Waals surface area contributed by atoms with Crippen molar-refractivity contribution in [2.24, 2.45) is 52.3 Å². The number of allylic oxidation sites excluding steroid dienone is 2. The van der Waals surface area contributed by atoms with E-state index in [1.807, 2.05) is 56.5 Å². The van der Waals surface area contributed by atoms with E-state index in [2.05, 4.69) is 72.6 Å². The van der Waals surface area contributed by atoms with Crippen molar-refractivity contribution in [1.82, 2.24) is 36.8 Å². The Kier molecular flexibility index (Phi) is 21.7. The van der Waals surface area contributed by atoms with Gasteiger partial charge in [-0.25, -0.2) is 4.79 Å². The number of fused-ring (bicyclic) bond motifs is 5. The van der Waals surface area contributed by atoms with Crippen molar-refractivity contribution in [2.45, 2.75) is 195 Å². The second-order valence-electron chi connectivity index (χ2n) is 26.1. The molecule has 13 atom stereocenters. The summed E-state index contributed by atoms with van der Waals surface area (Å²) in [5, 5.41) is 26.1. The number of benzene rings is 2. The summed E-state index contributed by atoms with van der Waals surface area (Å²) in [5.41, 5.74) is 3.72. The fraction of sp³-hybridized carbons (Fsp3) is 0.621. The van der Waals surface area contributed by atoms with Crippen LogP contribution in [-0.4, -0.2) is 101 Å². The summed E-state index contributed by atoms with van der Waals surface area (Å²) in [6.45, 7) is 18.6. The zero-order valence-electron chi connectivity index (χ0n) is 50.5. The molecule has 5 aliphatic rings. The first-order chi connectivity index (χ1) is 38.9. The first kappa shape index (κ1) is 63.1. The standard InChI is InChI=1S/C66H95N7O9/c1-40(2)16-14-17-42(5)52-27-28-53-51-26-23-48-37-50(29-31-65(48,8)54(51)30-32-66(52,53)9)82-64(81)57(34-41(3)4)72-63(80)55(35-45-18-12-11-13-19-45)70-58(75)38-67-59(76)43(6)69-62(79)56(36-46-21-24-49(74)25-22-46)71-60(77)44(7)68-61(78)47-20-15-33-73(10)39-47/h11-13,15,18-19,21-25,33,39-44,50-57,74H,14,16-17,20,26-32,34-38H2,1-10H3,(H,67,76)(H,68,78)(H,69,79)(H,70,75)(H,71,77)(H,72,80)/t42-,43-,44+,50+,51+,52-,53+,54+,55+,56+,57-,65+,66-/m1/s1. The molecule has 0 radical (unpaired) electrons. The van der Waals surface area contributed by atoms with Crippen LogP contribution in [0.2, 0.25) is 0 Å². The molecule has 2 aromatic rings. The van der Waals surface area contributed by atoms with Gasteiger partial charge in [-0.3, -0.25) is 28.8 Å². The lowest BCUT2D eigenvalue weighted by Crippen LogP contribution is -2.57. The number of esters is 1. The molecular formula is C66H95N7O9. The molecule has 3 fully saturated rings. The number of phenols is 1. The highest BCUT2D eigenvalue weighted by atomic mass is 16.5. The molecule has 82 heavy (non-hydrogen) atoms. The van der Waals surface area contributed by atoms with E-state index >= 15 is 0 Å². The molecule has 7 rings (SSSR count). The van der Waals surface area contributed by atoms with Crippen molar-refractivity contribution < 1.29 is 43.4 Å². The minimum Gasteiger partial charge on any atom is -0.508 e. The van der Waals surface area contributed by atoms with Crippen LogP contribution in [0.25, 0.3) is 0 Å². The van der Waals surface area contributed by atoms with E-state index in [4.69, 9.17) is 4.74 Å². The molecule has 3 saturated carbocycles. The molecule has 4 aliphatic carbocycles. The lowest BCUT2D eigenvalue weighted by Gasteiger charge is -2.58. The maximum atomic E-state index is 14.4. The quantitative estimate of drug-likeness (QED) is 0.0371. The van der Waals surface area contributed by atoms with Gasteiger partial charge in [-0.05, 0) is 153 Å². The van der Waals surface area contributed by atoms with Gasteiger partial charge in [0.15, 0.2) is 0 Å². The Labute approximate surface area is 487 Å². The fourth-order valence-electron chi connectivity index (χ4n) is 14.5. The lowest BCUT2D eigenvalue weighted by molar-refractivity contribution is -0.156. The van der Waals surface area contributed by atoms with E-state index in [9.17, 15) is 38.7 Å². The molecule has 0 saturated heterocycles.